The fourth-order valence-corrected chi connectivity index (χ4v) is 10.4. The van der Waals surface area contributed by atoms with E-state index in [-0.39, 0.29) is 71.3 Å². The highest BCUT2D eigenvalue weighted by atomic mass is 127. The topological polar surface area (TPSA) is 400 Å². The van der Waals surface area contributed by atoms with Crippen molar-refractivity contribution in [2.24, 2.45) is 0 Å². The van der Waals surface area contributed by atoms with Gasteiger partial charge >= 0.3 is 48.6 Å². The number of carboxylic acids is 1. The molecule has 6 heterocycles. The van der Waals surface area contributed by atoms with Crippen LogP contribution < -0.4 is 72.2 Å². The average molecular weight is 1850 g/mol. The van der Waals surface area contributed by atoms with Gasteiger partial charge in [0.25, 0.3) is 0 Å². The molecule has 39 heteroatoms. The number of alkyl halides is 5. The third kappa shape index (κ3) is 29.2. The Morgan fingerprint density at radius 3 is 1.02 bits per heavy atom. The fraction of sp³-hybridized carbons (Fsp3) is 0.265. The van der Waals surface area contributed by atoms with Crippen LogP contribution in [0.3, 0.4) is 0 Å². The van der Waals surface area contributed by atoms with Gasteiger partial charge < -0.3 is 86.5 Å². The number of fused-ring (bicyclic) bond motifs is 3. The van der Waals surface area contributed by atoms with Crippen molar-refractivity contribution in [3.8, 4) is 33.4 Å². The second kappa shape index (κ2) is 42.8. The lowest BCUT2D eigenvalue weighted by atomic mass is 10.0. The summed E-state index contributed by atoms with van der Waals surface area (Å²) in [5.74, 6) is -3.86. The Kier molecular flexibility index (Phi) is 34.9. The second-order valence-electron chi connectivity index (χ2n) is 29.9. The standard InChI is InChI=1S/C30H33FN6O5.C22H27N5O4.C20H17FN6O.C7H8FN.C2HF3O2.CH2Cl2.CH4.HI/c1-18-10-15-22(31)23(17-18)33-26(38)32-20-13-11-19(12-14-20)21-9-8-16-36-24(21)25(34-35-36)37(27(39)41-29(2,3)4)28(40)42-30(5,6)7;1-21(2,3)30-19(28)27(20(29)31-22(4,5)6)18-17-16(8-7-13-26(17)25-24-18)14-9-11-15(23)12-10-14;1-12-4-9-16(21)17(11-12)24-20(28)23-14-7-5-13(6-8-14)15-3-2-10-27-18(15)19(22)25-26-27;1-5-2-3-6(8)7(9)4-5;3-2(4,5)1(6)7;2-1-3;;/h8-17H,1-7H3,(H2,32,33,38);7-13H,23H2,1-6H3;2-11H,22H2,1H3,(H2,23,24,28);2-4H,9H2,1H3;(H,6,7);1H2;1H4;1H/p-1. The Balaban J connectivity index is 0.000000295. The molecule has 0 fully saturated rings. The van der Waals surface area contributed by atoms with Crippen LogP contribution in [0.2, 0.25) is 0 Å². The molecule has 122 heavy (non-hydrogen) atoms. The van der Waals surface area contributed by atoms with Gasteiger partial charge in [-0.2, -0.15) is 23.0 Å². The van der Waals surface area contributed by atoms with Crippen LogP contribution in [-0.4, -0.2) is 126 Å². The number of benzene rings is 6. The van der Waals surface area contributed by atoms with Gasteiger partial charge in [-0.3, -0.25) is 0 Å². The minimum atomic E-state index is -5.08. The van der Waals surface area contributed by atoms with Crippen molar-refractivity contribution >= 4 is 134 Å². The summed E-state index contributed by atoms with van der Waals surface area (Å²) in [6.45, 7) is 25.8. The lowest BCUT2D eigenvalue weighted by Crippen LogP contribution is -3.00. The molecule has 8 amide bonds. The monoisotopic (exact) mass is 1840 g/mol. The summed E-state index contributed by atoms with van der Waals surface area (Å²) < 4.78 is 98.4. The number of urea groups is 2. The number of ether oxygens (including phenoxy) is 4. The number of aliphatic carboxylic acids is 1. The molecule has 0 saturated carbocycles. The first-order chi connectivity index (χ1) is 56.0. The van der Waals surface area contributed by atoms with E-state index in [1.807, 2.05) is 56.3 Å². The number of pyridine rings is 3. The summed E-state index contributed by atoms with van der Waals surface area (Å²) in [6, 6.07) is 44.6. The number of carboxylic acid groups (broad SMARTS) is 1. The van der Waals surface area contributed by atoms with Crippen LogP contribution in [-0.2, 0) is 23.7 Å². The average Bonchev–Trinajstić information content (AvgIpc) is 1.54. The normalized spacial score (nSPS) is 11.0. The summed E-state index contributed by atoms with van der Waals surface area (Å²) in [5.41, 5.74) is 24.3. The van der Waals surface area contributed by atoms with Gasteiger partial charge in [0.2, 0.25) is 0 Å². The second-order valence-corrected chi connectivity index (χ2v) is 30.7. The van der Waals surface area contributed by atoms with E-state index < -0.39 is 82.6 Å². The number of aryl methyl sites for hydroxylation is 3. The number of carbonyl (C=O) groups excluding carboxylic acids is 6. The summed E-state index contributed by atoms with van der Waals surface area (Å²) in [7, 11) is 0. The molecule has 30 nitrogen and oxygen atoms in total. The van der Waals surface area contributed by atoms with Crippen LogP contribution >= 0.6 is 23.2 Å². The quantitative estimate of drug-likeness (QED) is 0.0219. The first kappa shape index (κ1) is 99.5. The molecule has 0 atom stereocenters. The number of amides is 8. The number of carbonyl (C=O) groups is 7. The molecule has 11 N–H and O–H groups in total. The van der Waals surface area contributed by atoms with E-state index in [0.717, 1.165) is 48.7 Å². The zero-order chi connectivity index (χ0) is 89.1. The molecular weight excluding hydrogens is 1750 g/mol. The lowest BCUT2D eigenvalue weighted by Gasteiger charge is -2.27. The molecule has 0 spiro atoms. The molecule has 0 unspecified atom stereocenters. The van der Waals surface area contributed by atoms with Crippen LogP contribution in [0.5, 0.6) is 0 Å². The number of halogens is 9. The van der Waals surface area contributed by atoms with Gasteiger partial charge in [0.05, 0.1) is 22.4 Å². The zero-order valence-electron chi connectivity index (χ0n) is 68.0. The Hall–Kier alpha value is -13.0. The van der Waals surface area contributed by atoms with Gasteiger partial charge in [0.15, 0.2) is 17.5 Å². The predicted molar refractivity (Wildman–Crippen MR) is 454 cm³/mol. The van der Waals surface area contributed by atoms with E-state index in [1.54, 1.807) is 210 Å². The molecule has 0 saturated heterocycles. The Morgan fingerprint density at radius 1 is 0.434 bits per heavy atom. The summed E-state index contributed by atoms with van der Waals surface area (Å²) in [5, 5.41) is 42.0. The first-order valence-corrected chi connectivity index (χ1v) is 37.1. The molecule has 650 valence electrons. The largest absolute Gasteiger partial charge is 1.00 e. The van der Waals surface area contributed by atoms with E-state index >= 15 is 0 Å². The molecule has 0 bridgehead atoms. The number of hydrogen-bond donors (Lipinski definition) is 8. The minimum Gasteiger partial charge on any atom is -1.00 e. The van der Waals surface area contributed by atoms with Crippen molar-refractivity contribution in [1.29, 1.82) is 0 Å². The third-order valence-electron chi connectivity index (χ3n) is 15.3. The van der Waals surface area contributed by atoms with E-state index in [0.29, 0.717) is 50.6 Å². The van der Waals surface area contributed by atoms with Crippen molar-refractivity contribution in [2.75, 3.05) is 53.6 Å². The van der Waals surface area contributed by atoms with Gasteiger partial charge in [-0.05, 0) is 228 Å². The lowest BCUT2D eigenvalue weighted by molar-refractivity contribution is -0.192. The summed E-state index contributed by atoms with van der Waals surface area (Å²) in [4.78, 5) is 87.6. The van der Waals surface area contributed by atoms with Gasteiger partial charge in [-0.15, -0.1) is 38.5 Å². The van der Waals surface area contributed by atoms with Crippen molar-refractivity contribution in [1.82, 2.24) is 44.5 Å². The van der Waals surface area contributed by atoms with E-state index in [4.69, 9.17) is 69.3 Å². The number of imide groups is 2. The van der Waals surface area contributed by atoms with E-state index in [1.165, 1.54) is 33.3 Å². The van der Waals surface area contributed by atoms with Gasteiger partial charge in [0.1, 0.15) is 56.4 Å². The maximum atomic E-state index is 14.0. The highest BCUT2D eigenvalue weighted by Crippen LogP contribution is 2.36. The van der Waals surface area contributed by atoms with Crippen molar-refractivity contribution in [3.63, 3.8) is 0 Å². The minimum absolute atomic E-state index is 0. The van der Waals surface area contributed by atoms with Crippen LogP contribution in [0.1, 0.15) is 107 Å². The highest BCUT2D eigenvalue weighted by molar-refractivity contribution is 6.40. The molecule has 0 aliphatic carbocycles. The predicted octanol–water partition coefficient (Wildman–Crippen LogP) is 17.3. The molecule has 0 aliphatic rings. The summed E-state index contributed by atoms with van der Waals surface area (Å²) in [6.07, 6.45) is -3.76. The first-order valence-electron chi connectivity index (χ1n) is 36.0. The Morgan fingerprint density at radius 2 is 0.721 bits per heavy atom. The van der Waals surface area contributed by atoms with Crippen molar-refractivity contribution < 1.29 is 108 Å². The maximum absolute atomic E-state index is 14.0. The fourth-order valence-electron chi connectivity index (χ4n) is 10.4. The molecule has 12 rings (SSSR count). The smallest absolute Gasteiger partial charge is 0.490 e. The van der Waals surface area contributed by atoms with Gasteiger partial charge in [-0.25, -0.2) is 60.3 Å². The van der Waals surface area contributed by atoms with Gasteiger partial charge in [0, 0.05) is 52.3 Å². The van der Waals surface area contributed by atoms with Gasteiger partial charge in [-0.1, -0.05) is 95.9 Å². The molecule has 0 aliphatic heterocycles. The number of nitrogens with zero attached hydrogens (tertiary/aromatic N) is 11. The van der Waals surface area contributed by atoms with Crippen molar-refractivity contribution in [3.05, 3.63) is 217 Å². The molecule has 12 aromatic rings. The molecule has 6 aromatic heterocycles. The Bertz CT molecular complexity index is 5590. The number of aromatic nitrogens is 9. The van der Waals surface area contributed by atoms with Crippen LogP contribution in [0, 0.1) is 38.2 Å². The number of anilines is 9. The van der Waals surface area contributed by atoms with E-state index in [9.17, 15) is 55.1 Å². The van der Waals surface area contributed by atoms with Crippen molar-refractivity contribution in [2.45, 2.75) is 140 Å². The maximum Gasteiger partial charge on any atom is 0.490 e. The van der Waals surface area contributed by atoms with Crippen LogP contribution in [0.4, 0.5) is 107 Å². The number of hydrogen-bond acceptors (Lipinski definition) is 20. The SMILES string of the molecule is C.CC(C)(C)OC(=O)N(C(=O)OC(C)(C)C)c1nnn2cccc(-c3ccc(N)cc3)c12.Cc1ccc(F)c(N)c1.Cc1ccc(F)c(NC(=O)Nc2ccc(-c3cccn4nnc(N(C(=O)OC(C)(C)C)C(=O)OC(C)(C)C)c34)cc2)c1.Cc1ccc(F)c(NC(=O)Nc2ccc(-c3cccn4nnc(N)c34)cc2)c1.ClCCl.O=C(O)C(F)(F)F.[I-]. The van der Waals surface area contributed by atoms with E-state index in [2.05, 4.69) is 52.2 Å². The zero-order valence-corrected chi connectivity index (χ0v) is 71.7. The highest BCUT2D eigenvalue weighted by Gasteiger charge is 2.40. The van der Waals surface area contributed by atoms with Crippen LogP contribution in [0.25, 0.3) is 49.9 Å². The molecular formula is C83H92Cl2F6IN18O12-. The number of nitrogens with one attached hydrogen (secondary N) is 4. The third-order valence-corrected chi connectivity index (χ3v) is 15.3. The number of nitrogens with two attached hydrogens (primary N) is 3. The molecule has 6 aromatic carbocycles. The molecule has 0 radical (unpaired) electrons. The summed E-state index contributed by atoms with van der Waals surface area (Å²) >= 11 is 9.53. The Labute approximate surface area is 725 Å². The number of rotatable bonds is 9. The number of nitrogen functional groups attached to an aromatic ring is 3. The van der Waals surface area contributed by atoms with Crippen LogP contribution in [0.15, 0.2) is 182 Å².